The van der Waals surface area contributed by atoms with Gasteiger partial charge in [-0.1, -0.05) is 185 Å². The lowest BCUT2D eigenvalue weighted by Gasteiger charge is -2.44. The van der Waals surface area contributed by atoms with E-state index in [4.69, 9.17) is 31.9 Å². The van der Waals surface area contributed by atoms with Gasteiger partial charge in [-0.3, -0.25) is 38.6 Å². The molecule has 8 unspecified atom stereocenters. The van der Waals surface area contributed by atoms with Gasteiger partial charge in [-0.05, 0) is 205 Å². The average Bonchev–Trinajstić information content (AvgIpc) is 1.63. The highest BCUT2D eigenvalue weighted by Crippen LogP contribution is 2.47. The van der Waals surface area contributed by atoms with E-state index in [0.29, 0.717) is 44.1 Å². The molecule has 6 aliphatic rings. The summed E-state index contributed by atoms with van der Waals surface area (Å²) in [5.74, 6) is -2.16. The maximum Gasteiger partial charge on any atom is 0.309 e. The van der Waals surface area contributed by atoms with Gasteiger partial charge in [-0.25, -0.2) is 15.0 Å². The number of rotatable bonds is 30. The Morgan fingerprint density at radius 1 is 0.419 bits per heavy atom. The van der Waals surface area contributed by atoms with Crippen molar-refractivity contribution in [2.75, 3.05) is 26.3 Å². The van der Waals surface area contributed by atoms with E-state index in [1.54, 1.807) is 54.8 Å². The molecule has 30 heteroatoms. The molecule has 6 aliphatic heterocycles. The van der Waals surface area contributed by atoms with Crippen LogP contribution in [0.1, 0.15) is 315 Å². The van der Waals surface area contributed by atoms with Gasteiger partial charge in [0.2, 0.25) is 0 Å². The maximum absolute atomic E-state index is 15.0. The first kappa shape index (κ1) is 119. The largest absolute Gasteiger partial charge is 0.458 e. The molecule has 0 spiro atoms. The number of esters is 3. The number of fused-ring (bicyclic) bond motifs is 3. The zero-order valence-corrected chi connectivity index (χ0v) is 96.0. The molecule has 0 bridgehead atoms. The van der Waals surface area contributed by atoms with Crippen molar-refractivity contribution in [3.63, 3.8) is 0 Å². The Morgan fingerprint density at radius 2 is 0.721 bits per heavy atom. The van der Waals surface area contributed by atoms with Crippen LogP contribution in [0.2, 0.25) is 72.5 Å². The van der Waals surface area contributed by atoms with Crippen LogP contribution in [-0.2, 0) is 60.7 Å². The number of aliphatic hydroxyl groups is 4. The summed E-state index contributed by atoms with van der Waals surface area (Å²) in [4.78, 5) is 103. The maximum atomic E-state index is 15.0. The monoisotopic (exact) mass is 2020 g/mol. The summed E-state index contributed by atoms with van der Waals surface area (Å²) in [6.45, 7) is 63.6. The second-order valence-corrected chi connectivity index (χ2v) is 65.2. The Bertz CT molecular complexity index is 4310. The standard InChI is InChI=1S/C40H72N2O6SSi2.C38H68N2O5SSi2.C28H44N2O6S/c1-13-50(14-2,15-3)47-36-26-37(44)46-35(29(8)24-32-27-49-31(10)41-32)25-34-33(42(34)22-23-43)21-19-20-28(7)38(30(9)39(45)40(36,11)12)48-51(16-4,17-5)18-6;1-13-47(14-2,15-3)44-34-24-35(41)43-33(27(8)22-30-25-46-29(10)39-30)23-32-31(40-32)21-19-20-26(7)36(28(9)37(42)38(34,11)12)45-48(16-4,17-5)18-6;1-16-8-7-9-21-22(30(21)10-11-31)13-23(17(2)12-20-15-37-19(4)29-20)36-25(33)14-24(32)28(5,6)27(35)18(3)26(16)34/h24,27-28,30,33-36,38,43H,13-23,25-26H2,1-12H3;22,25-26,28,31-34,36,40H,13-21,23-24H2,1-12H3;12,15-16,18,21-24,26,31-32,34H,7-11,13-14H2,1-6H3/b29-24+;27-22+;17-12+/t28-,30+,33+,34?,35?,36-,38-,42?;26-,28+,31+,32?,33?,34-,36-;16-,18+,21+,22?,23?,24-,26-,30?/m000/s1. The molecular formula is C106H184N6O17S3Si4. The minimum Gasteiger partial charge on any atom is -0.458 e. The topological polar surface area (TPSA) is 315 Å². The number of nitrogens with one attached hydrogen (secondary N) is 1. The third-order valence-corrected chi connectivity index (χ3v) is 54.3. The number of aryl methyl sites for hydroxylation is 3. The van der Waals surface area contributed by atoms with Crippen LogP contribution in [0.4, 0.5) is 0 Å². The van der Waals surface area contributed by atoms with E-state index in [1.807, 2.05) is 104 Å². The first-order chi connectivity index (χ1) is 64.1. The van der Waals surface area contributed by atoms with E-state index < -0.39 is 98.0 Å². The Balaban J connectivity index is 0.000000281. The number of β-amino-alcohol motifs (C(OH)–C–C–N with tert-alkyl or cyclic N) is 2. The first-order valence-electron chi connectivity index (χ1n) is 52.7. The summed E-state index contributed by atoms with van der Waals surface area (Å²) >= 11 is 4.78. The molecule has 23 atom stereocenters. The lowest BCUT2D eigenvalue weighted by Crippen LogP contribution is -2.53. The van der Waals surface area contributed by atoms with E-state index in [0.717, 1.165) is 186 Å². The number of thiazole rings is 3. The quantitative estimate of drug-likeness (QED) is 0.0179. The number of cyclic esters (lactones) is 3. The van der Waals surface area contributed by atoms with Gasteiger partial charge in [0, 0.05) is 113 Å². The molecule has 0 aromatic carbocycles. The van der Waals surface area contributed by atoms with E-state index in [1.165, 1.54) is 0 Å². The number of nitrogens with zero attached hydrogens (tertiary/aromatic N) is 5. The van der Waals surface area contributed by atoms with E-state index in [2.05, 4.69) is 147 Å². The van der Waals surface area contributed by atoms with Gasteiger partial charge in [-0.2, -0.15) is 0 Å². The lowest BCUT2D eigenvalue weighted by atomic mass is 9.73. The molecule has 0 radical (unpaired) electrons. The molecule has 774 valence electrons. The fraction of sp³-hybridized carbons (Fsp3) is 0.802. The van der Waals surface area contributed by atoms with Gasteiger partial charge < -0.3 is 57.7 Å². The summed E-state index contributed by atoms with van der Waals surface area (Å²) in [5, 5.41) is 54.0. The van der Waals surface area contributed by atoms with Crippen LogP contribution < -0.4 is 5.32 Å². The van der Waals surface area contributed by atoms with Crippen molar-refractivity contribution in [1.82, 2.24) is 30.1 Å². The lowest BCUT2D eigenvalue weighted by molar-refractivity contribution is -0.156. The molecule has 9 rings (SSSR count). The molecule has 5 N–H and O–H groups in total. The van der Waals surface area contributed by atoms with Crippen LogP contribution in [0, 0.1) is 72.5 Å². The molecule has 23 nitrogen and oxygen atoms in total. The summed E-state index contributed by atoms with van der Waals surface area (Å²) in [6, 6.07) is 13.5. The minimum atomic E-state index is -2.23. The number of aromatic nitrogens is 3. The fourth-order valence-corrected chi connectivity index (χ4v) is 35.9. The Hall–Kier alpha value is -4.04. The predicted octanol–water partition coefficient (Wildman–Crippen LogP) is 22.5. The van der Waals surface area contributed by atoms with Crippen molar-refractivity contribution in [1.29, 1.82) is 0 Å². The molecule has 136 heavy (non-hydrogen) atoms. The summed E-state index contributed by atoms with van der Waals surface area (Å²) in [7, 11) is -8.45. The number of ketones is 3. The normalized spacial score (nSPS) is 31.6. The van der Waals surface area contributed by atoms with E-state index in [-0.39, 0.29) is 128 Å². The van der Waals surface area contributed by atoms with Crippen LogP contribution in [0.25, 0.3) is 18.2 Å². The SMILES string of the molecule is C/C(=C\c1csc(C)n1)C1CC2[C@@H](CCC[C@H](C)[C@H](O)[C@@H](C)C(=O)C(C)(C)[C@@H](O)CC(=O)O1)N2CCO.CC[Si](CC)(CC)O[C@H]1[C@@H](C)CCC[C@@H]2C(CC(/C(C)=C/c3csc(C)n3)OC(=O)C[C@H](O[Si](CC)(CC)CC)C(C)(C)C(=O)[C@@H]1C)N2CCO.CC[Si](CC)(CC)O[C@H]1[C@@H](C)CCC[C@H]2NC2CC(/C(C)=C/c2csc(C)n2)OC(=O)C[C@H](O[Si](CC)(CC)CC)C(C)(C)C(=O)[C@@H]1C. The van der Waals surface area contributed by atoms with Crippen molar-refractivity contribution < 1.29 is 81.1 Å². The fourth-order valence-electron chi connectivity index (χ4n) is 22.2. The Kier molecular flexibility index (Phi) is 46.9. The van der Waals surface area contributed by atoms with Crippen molar-refractivity contribution >= 4 is 121 Å². The van der Waals surface area contributed by atoms with E-state index >= 15 is 0 Å². The number of aliphatic hydroxyl groups excluding tert-OH is 4. The number of ether oxygens (including phenoxy) is 3. The Morgan fingerprint density at radius 3 is 1.04 bits per heavy atom. The molecule has 0 amide bonds. The average molecular weight is 2020 g/mol. The van der Waals surface area contributed by atoms with Crippen LogP contribution in [0.3, 0.4) is 0 Å². The highest BCUT2D eigenvalue weighted by Gasteiger charge is 2.55. The minimum absolute atomic E-state index is 0.0207. The molecule has 6 fully saturated rings. The summed E-state index contributed by atoms with van der Waals surface area (Å²) < 4.78 is 47.6. The second kappa shape index (κ2) is 53.7. The predicted molar refractivity (Wildman–Crippen MR) is 565 cm³/mol. The van der Waals surface area contributed by atoms with Crippen LogP contribution in [-0.4, -0.2) is 231 Å². The van der Waals surface area contributed by atoms with Gasteiger partial charge in [0.1, 0.15) is 35.7 Å². The van der Waals surface area contributed by atoms with E-state index in [9.17, 15) is 49.2 Å². The summed E-state index contributed by atoms with van der Waals surface area (Å²) in [6.07, 6.45) is 11.5. The number of hydrogen-bond acceptors (Lipinski definition) is 26. The molecule has 3 aromatic rings. The smallest absolute Gasteiger partial charge is 0.309 e. The van der Waals surface area contributed by atoms with Crippen molar-refractivity contribution in [3.8, 4) is 0 Å². The number of hydrogen-bond donors (Lipinski definition) is 5. The third-order valence-electron chi connectivity index (χ3n) is 33.3. The molecule has 0 saturated carbocycles. The molecular weight excluding hydrogens is 1840 g/mol. The van der Waals surface area contributed by atoms with Gasteiger partial charge in [0.15, 0.2) is 33.3 Å². The van der Waals surface area contributed by atoms with Crippen LogP contribution in [0.5, 0.6) is 0 Å². The third kappa shape index (κ3) is 31.7. The van der Waals surface area contributed by atoms with Crippen molar-refractivity contribution in [2.45, 2.75) is 468 Å². The highest BCUT2D eigenvalue weighted by molar-refractivity contribution is 7.10. The summed E-state index contributed by atoms with van der Waals surface area (Å²) in [5.41, 5.74) is 2.36. The number of carbonyl (C=O) groups excluding carboxylic acids is 6. The molecule has 6 saturated heterocycles. The van der Waals surface area contributed by atoms with Gasteiger partial charge >= 0.3 is 17.9 Å². The van der Waals surface area contributed by atoms with Gasteiger partial charge in [0.25, 0.3) is 0 Å². The molecule has 3 aromatic heterocycles. The van der Waals surface area contributed by atoms with Gasteiger partial charge in [-0.15, -0.1) is 34.0 Å². The zero-order valence-electron chi connectivity index (χ0n) is 89.6. The Labute approximate surface area is 836 Å². The van der Waals surface area contributed by atoms with Crippen molar-refractivity contribution in [2.24, 2.45) is 51.8 Å². The first-order valence-corrected chi connectivity index (χ1v) is 65.4. The zero-order chi connectivity index (χ0) is 102. The number of Topliss-reactive ketones (excluding diaryl/α,β-unsaturated/α-hetero) is 3. The number of carbonyl (C=O) groups is 6. The highest BCUT2D eigenvalue weighted by atomic mass is 32.1. The van der Waals surface area contributed by atoms with Crippen LogP contribution in [0.15, 0.2) is 32.9 Å². The molecule has 0 aliphatic carbocycles. The second-order valence-electron chi connectivity index (χ2n) is 43.1. The molecule has 9 heterocycles. The van der Waals surface area contributed by atoms with Crippen molar-refractivity contribution in [3.05, 3.63) is 65.0 Å². The van der Waals surface area contributed by atoms with Gasteiger partial charge in [0.05, 0.1) is 107 Å². The van der Waals surface area contributed by atoms with Crippen LogP contribution >= 0.6 is 34.0 Å².